The van der Waals surface area contributed by atoms with E-state index in [0.29, 0.717) is 25.7 Å². The second kappa shape index (κ2) is 9.90. The highest BCUT2D eigenvalue weighted by Crippen LogP contribution is 2.40. The number of benzene rings is 1. The second-order valence-corrected chi connectivity index (χ2v) is 7.61. The van der Waals surface area contributed by atoms with Crippen molar-refractivity contribution in [3.8, 4) is 5.75 Å². The van der Waals surface area contributed by atoms with Gasteiger partial charge in [0.2, 0.25) is 0 Å². The third kappa shape index (κ3) is 5.81. The number of hydrogen-bond donors (Lipinski definition) is 2. The molecule has 1 fully saturated rings. The quantitative estimate of drug-likeness (QED) is 0.590. The number of para-hydroxylation sites is 1. The smallest absolute Gasteiger partial charge is 0.306 e. The van der Waals surface area contributed by atoms with Crippen LogP contribution in [0.25, 0.3) is 0 Å². The van der Waals surface area contributed by atoms with Gasteiger partial charge in [-0.1, -0.05) is 30.4 Å². The number of ether oxygens (including phenoxy) is 2. The van der Waals surface area contributed by atoms with Crippen LogP contribution in [0.2, 0.25) is 0 Å². The molecule has 5 atom stereocenters. The lowest BCUT2D eigenvalue weighted by atomic mass is 9.86. The van der Waals surface area contributed by atoms with Crippen molar-refractivity contribution in [2.45, 2.75) is 63.3 Å². The Bertz CT molecular complexity index is 614. The summed E-state index contributed by atoms with van der Waals surface area (Å²) in [6, 6.07) is 9.43. The normalized spacial score (nSPS) is 30.8. The summed E-state index contributed by atoms with van der Waals surface area (Å²) < 4.78 is 11.2. The summed E-state index contributed by atoms with van der Waals surface area (Å²) in [5.74, 6) is 0.713. The molecule has 0 aromatic heterocycles. The van der Waals surface area contributed by atoms with Crippen LogP contribution in [-0.2, 0) is 9.53 Å². The van der Waals surface area contributed by atoms with Crippen molar-refractivity contribution < 1.29 is 24.5 Å². The molecule has 0 bridgehead atoms. The van der Waals surface area contributed by atoms with Gasteiger partial charge in [-0.15, -0.1) is 0 Å². The zero-order valence-electron chi connectivity index (χ0n) is 15.7. The largest absolute Gasteiger partial charge is 0.491 e. The van der Waals surface area contributed by atoms with Crippen molar-refractivity contribution in [1.29, 1.82) is 0 Å². The van der Waals surface area contributed by atoms with E-state index in [0.717, 1.165) is 25.0 Å². The second-order valence-electron chi connectivity index (χ2n) is 7.61. The van der Waals surface area contributed by atoms with Gasteiger partial charge < -0.3 is 19.7 Å². The summed E-state index contributed by atoms with van der Waals surface area (Å²) in [4.78, 5) is 12.0. The molecule has 0 spiro atoms. The van der Waals surface area contributed by atoms with E-state index in [-0.39, 0.29) is 30.5 Å². The van der Waals surface area contributed by atoms with Crippen molar-refractivity contribution in [3.05, 3.63) is 42.5 Å². The lowest BCUT2D eigenvalue weighted by Crippen LogP contribution is -2.27. The summed E-state index contributed by atoms with van der Waals surface area (Å²) in [5, 5.41) is 20.8. The molecule has 5 nitrogen and oxygen atoms in total. The summed E-state index contributed by atoms with van der Waals surface area (Å²) in [7, 11) is 0. The molecular formula is C22H30O5. The average molecular weight is 374 g/mol. The lowest BCUT2D eigenvalue weighted by Gasteiger charge is -2.25. The zero-order valence-corrected chi connectivity index (χ0v) is 15.7. The third-order valence-electron chi connectivity index (χ3n) is 5.62. The van der Waals surface area contributed by atoms with Gasteiger partial charge in [0.15, 0.2) is 0 Å². The SMILES string of the molecule is O=C1CCC/C=C\C[C@@H]2[C@@H](CC[C@@H](O)COc3ccccc3)[C@H](O)C[C@@H]2O1. The molecule has 0 radical (unpaired) electrons. The first-order valence-electron chi connectivity index (χ1n) is 10.0. The number of aliphatic hydroxyl groups is 2. The minimum atomic E-state index is -0.589. The molecule has 0 unspecified atom stereocenters. The maximum absolute atomic E-state index is 12.0. The Kier molecular flexibility index (Phi) is 7.30. The van der Waals surface area contributed by atoms with E-state index in [1.165, 1.54) is 0 Å². The number of carbonyl (C=O) groups is 1. The number of esters is 1. The summed E-state index contributed by atoms with van der Waals surface area (Å²) in [6.07, 6.45) is 7.63. The monoisotopic (exact) mass is 374 g/mol. The number of aliphatic hydroxyl groups excluding tert-OH is 2. The van der Waals surface area contributed by atoms with E-state index in [2.05, 4.69) is 12.2 Å². The molecule has 148 valence electrons. The van der Waals surface area contributed by atoms with Crippen LogP contribution in [-0.4, -0.2) is 41.1 Å². The molecule has 0 amide bonds. The molecule has 1 aliphatic heterocycles. The van der Waals surface area contributed by atoms with Crippen LogP contribution < -0.4 is 4.74 Å². The highest BCUT2D eigenvalue weighted by atomic mass is 16.5. The predicted octanol–water partition coefficient (Wildman–Crippen LogP) is 3.25. The Balaban J connectivity index is 1.53. The molecule has 1 saturated carbocycles. The highest BCUT2D eigenvalue weighted by molar-refractivity contribution is 5.69. The van der Waals surface area contributed by atoms with Crippen LogP contribution in [0, 0.1) is 11.8 Å². The van der Waals surface area contributed by atoms with E-state index in [1.807, 2.05) is 30.3 Å². The van der Waals surface area contributed by atoms with Crippen LogP contribution in [0.1, 0.15) is 44.9 Å². The van der Waals surface area contributed by atoms with Gasteiger partial charge in [-0.2, -0.15) is 0 Å². The van der Waals surface area contributed by atoms with Crippen LogP contribution in [0.15, 0.2) is 42.5 Å². The number of fused-ring (bicyclic) bond motifs is 1. The van der Waals surface area contributed by atoms with Crippen LogP contribution in [0.5, 0.6) is 5.75 Å². The van der Waals surface area contributed by atoms with Crippen LogP contribution >= 0.6 is 0 Å². The zero-order chi connectivity index (χ0) is 19.1. The number of hydrogen-bond acceptors (Lipinski definition) is 5. The van der Waals surface area contributed by atoms with E-state index in [4.69, 9.17) is 9.47 Å². The molecule has 1 aromatic carbocycles. The Hall–Kier alpha value is -1.85. The molecule has 5 heteroatoms. The van der Waals surface area contributed by atoms with E-state index >= 15 is 0 Å². The maximum atomic E-state index is 12.0. The fourth-order valence-electron chi connectivity index (χ4n) is 4.16. The first-order valence-corrected chi connectivity index (χ1v) is 10.0. The van der Waals surface area contributed by atoms with Crippen molar-refractivity contribution in [3.63, 3.8) is 0 Å². The summed E-state index contributed by atoms with van der Waals surface area (Å²) >= 11 is 0. The first-order chi connectivity index (χ1) is 13.1. The van der Waals surface area contributed by atoms with Gasteiger partial charge in [0.25, 0.3) is 0 Å². The Morgan fingerprint density at radius 1 is 1.22 bits per heavy atom. The fourth-order valence-corrected chi connectivity index (χ4v) is 4.16. The average Bonchev–Trinajstić information content (AvgIpc) is 2.96. The van der Waals surface area contributed by atoms with Crippen LogP contribution in [0.3, 0.4) is 0 Å². The molecule has 1 aromatic rings. The number of allylic oxidation sites excluding steroid dienone is 2. The van der Waals surface area contributed by atoms with Gasteiger partial charge >= 0.3 is 5.97 Å². The minimum Gasteiger partial charge on any atom is -0.491 e. The summed E-state index contributed by atoms with van der Waals surface area (Å²) in [6.45, 7) is 0.232. The van der Waals surface area contributed by atoms with E-state index in [1.54, 1.807) is 0 Å². The molecule has 2 N–H and O–H groups in total. The van der Waals surface area contributed by atoms with Gasteiger partial charge in [-0.05, 0) is 50.2 Å². The van der Waals surface area contributed by atoms with Crippen molar-refractivity contribution >= 4 is 5.97 Å². The van der Waals surface area contributed by atoms with E-state index in [9.17, 15) is 15.0 Å². The molecule has 0 saturated heterocycles. The van der Waals surface area contributed by atoms with Crippen molar-refractivity contribution in [2.75, 3.05) is 6.61 Å². The Morgan fingerprint density at radius 2 is 2.04 bits per heavy atom. The first kappa shape index (κ1) is 19.9. The molecule has 3 rings (SSSR count). The van der Waals surface area contributed by atoms with Gasteiger partial charge in [0.1, 0.15) is 18.5 Å². The molecule has 1 heterocycles. The van der Waals surface area contributed by atoms with Gasteiger partial charge in [0, 0.05) is 18.8 Å². The Morgan fingerprint density at radius 3 is 2.85 bits per heavy atom. The molecule has 27 heavy (non-hydrogen) atoms. The van der Waals surface area contributed by atoms with E-state index < -0.39 is 12.2 Å². The van der Waals surface area contributed by atoms with Gasteiger partial charge in [0.05, 0.1) is 12.2 Å². The topological polar surface area (TPSA) is 76.0 Å². The van der Waals surface area contributed by atoms with Crippen LogP contribution in [0.4, 0.5) is 0 Å². The highest BCUT2D eigenvalue weighted by Gasteiger charge is 2.43. The van der Waals surface area contributed by atoms with Crippen molar-refractivity contribution in [1.82, 2.24) is 0 Å². The fraction of sp³-hybridized carbons (Fsp3) is 0.591. The molecule has 1 aliphatic carbocycles. The number of rotatable bonds is 6. The van der Waals surface area contributed by atoms with Crippen molar-refractivity contribution in [2.24, 2.45) is 11.8 Å². The maximum Gasteiger partial charge on any atom is 0.306 e. The molecular weight excluding hydrogens is 344 g/mol. The standard InChI is InChI=1S/C22H30O5/c23-16(15-26-17-8-4-3-5-9-17)12-13-18-19-10-6-1-2-7-11-22(25)27-21(19)14-20(18)24/h1,3-6,8-9,16,18-21,23-24H,2,7,10-15H2/b6-1-/t16-,18-,19-,20-,21+/m1/s1. The predicted molar refractivity (Wildman–Crippen MR) is 102 cm³/mol. The summed E-state index contributed by atoms with van der Waals surface area (Å²) in [5.41, 5.74) is 0. The Labute approximate surface area is 161 Å². The van der Waals surface area contributed by atoms with Gasteiger partial charge in [-0.25, -0.2) is 0 Å². The number of carbonyl (C=O) groups excluding carboxylic acids is 1. The minimum absolute atomic E-state index is 0.0262. The van der Waals surface area contributed by atoms with Gasteiger partial charge in [-0.3, -0.25) is 4.79 Å². The molecule has 2 aliphatic rings. The third-order valence-corrected chi connectivity index (χ3v) is 5.62. The lowest BCUT2D eigenvalue weighted by molar-refractivity contribution is -0.151.